The van der Waals surface area contributed by atoms with Crippen LogP contribution in [0.4, 0.5) is 23.2 Å². The van der Waals surface area contributed by atoms with Crippen molar-refractivity contribution in [3.63, 3.8) is 0 Å². The lowest BCUT2D eigenvalue weighted by Gasteiger charge is -2.53. The average Bonchev–Trinajstić information content (AvgIpc) is 2.53. The third-order valence-electron chi connectivity index (χ3n) is 4.66. The Morgan fingerprint density at radius 1 is 1.33 bits per heavy atom. The topological polar surface area (TPSA) is 41.6 Å². The van der Waals surface area contributed by atoms with Crippen LogP contribution in [0.1, 0.15) is 12.8 Å². The molecule has 2 saturated heterocycles. The Morgan fingerprint density at radius 2 is 2.00 bits per heavy atom. The lowest BCUT2D eigenvalue weighted by atomic mass is 9.71. The summed E-state index contributed by atoms with van der Waals surface area (Å²) < 4.78 is 54.9. The second-order valence-electron chi connectivity index (χ2n) is 6.11. The smallest absolute Gasteiger partial charge is 0.439 e. The van der Waals surface area contributed by atoms with Gasteiger partial charge in [0.2, 0.25) is 0 Å². The summed E-state index contributed by atoms with van der Waals surface area (Å²) in [6.07, 6.45) is -4.92. The maximum atomic E-state index is 13.4. The molecule has 3 rings (SSSR count). The first-order chi connectivity index (χ1) is 11.2. The summed E-state index contributed by atoms with van der Waals surface area (Å²) in [6, 6.07) is 4.07. The molecule has 1 unspecified atom stereocenters. The van der Waals surface area contributed by atoms with Gasteiger partial charge in [0.1, 0.15) is 5.82 Å². The van der Waals surface area contributed by atoms with E-state index in [2.05, 4.69) is 10.1 Å². The van der Waals surface area contributed by atoms with E-state index in [4.69, 9.17) is 11.6 Å². The number of hydrogen-bond acceptors (Lipinski definition) is 4. The molecule has 1 aromatic rings. The van der Waals surface area contributed by atoms with E-state index in [1.807, 2.05) is 4.90 Å². The lowest BCUT2D eigenvalue weighted by molar-refractivity contribution is -0.223. The second kappa shape index (κ2) is 6.07. The minimum Gasteiger partial charge on any atom is -0.439 e. The molecule has 2 heterocycles. The number of piperidine rings is 1. The number of alkyl halides is 3. The van der Waals surface area contributed by atoms with Crippen LogP contribution in [-0.2, 0) is 9.53 Å². The standard InChI is InChI=1S/C15H15ClF4N2O2/c16-10-2-1-9(17)7-11(10)22-5-3-14(4-6-22)8-21-12(14)24-13(23)15(18,19)20/h1-2,7,12,21H,3-6,8H2. The second-order valence-corrected chi connectivity index (χ2v) is 6.52. The molecule has 0 aromatic heterocycles. The molecule has 1 spiro atoms. The highest BCUT2D eigenvalue weighted by Gasteiger charge is 2.53. The summed E-state index contributed by atoms with van der Waals surface area (Å²) >= 11 is 6.08. The number of benzene rings is 1. The summed E-state index contributed by atoms with van der Waals surface area (Å²) in [7, 11) is 0. The molecule has 132 valence electrons. The first-order valence-electron chi connectivity index (χ1n) is 7.42. The predicted octanol–water partition coefficient (Wildman–Crippen LogP) is 3.10. The van der Waals surface area contributed by atoms with E-state index in [-0.39, 0.29) is 0 Å². The Balaban J connectivity index is 1.64. The van der Waals surface area contributed by atoms with Crippen molar-refractivity contribution in [2.75, 3.05) is 24.5 Å². The number of ether oxygens (including phenoxy) is 1. The Morgan fingerprint density at radius 3 is 2.54 bits per heavy atom. The minimum absolute atomic E-state index is 0.406. The van der Waals surface area contributed by atoms with Crippen LogP contribution in [-0.4, -0.2) is 38.0 Å². The molecule has 0 amide bonds. The third-order valence-corrected chi connectivity index (χ3v) is 4.98. The van der Waals surface area contributed by atoms with Gasteiger partial charge in [-0.15, -0.1) is 0 Å². The highest BCUT2D eigenvalue weighted by molar-refractivity contribution is 6.33. The first kappa shape index (κ1) is 17.3. The average molecular weight is 367 g/mol. The number of nitrogens with one attached hydrogen (secondary N) is 1. The molecule has 0 radical (unpaired) electrons. The van der Waals surface area contributed by atoms with Gasteiger partial charge in [-0.2, -0.15) is 13.2 Å². The van der Waals surface area contributed by atoms with E-state index in [1.165, 1.54) is 18.2 Å². The van der Waals surface area contributed by atoms with Crippen molar-refractivity contribution in [3.8, 4) is 0 Å². The van der Waals surface area contributed by atoms with Gasteiger partial charge in [-0.1, -0.05) is 11.6 Å². The molecule has 2 fully saturated rings. The van der Waals surface area contributed by atoms with Crippen molar-refractivity contribution in [1.29, 1.82) is 0 Å². The molecule has 24 heavy (non-hydrogen) atoms. The van der Waals surface area contributed by atoms with E-state index < -0.39 is 29.6 Å². The van der Waals surface area contributed by atoms with E-state index in [0.29, 0.717) is 43.2 Å². The van der Waals surface area contributed by atoms with Crippen molar-refractivity contribution < 1.29 is 27.1 Å². The zero-order valence-corrected chi connectivity index (χ0v) is 13.3. The van der Waals surface area contributed by atoms with Gasteiger partial charge in [0.05, 0.1) is 10.7 Å². The van der Waals surface area contributed by atoms with Crippen molar-refractivity contribution in [1.82, 2.24) is 5.32 Å². The molecular formula is C15H15ClF4N2O2. The fourth-order valence-corrected chi connectivity index (χ4v) is 3.41. The molecule has 0 saturated carbocycles. The van der Waals surface area contributed by atoms with Gasteiger partial charge in [0.15, 0.2) is 6.23 Å². The third kappa shape index (κ3) is 3.17. The fraction of sp³-hybridized carbons (Fsp3) is 0.533. The minimum atomic E-state index is -5.01. The Kier molecular flexibility index (Phi) is 4.37. The molecule has 4 nitrogen and oxygen atoms in total. The van der Waals surface area contributed by atoms with Gasteiger partial charge in [-0.25, -0.2) is 9.18 Å². The highest BCUT2D eigenvalue weighted by atomic mass is 35.5. The van der Waals surface area contributed by atoms with Crippen molar-refractivity contribution in [2.45, 2.75) is 25.2 Å². The van der Waals surface area contributed by atoms with Gasteiger partial charge in [-0.05, 0) is 31.0 Å². The Hall–Kier alpha value is -1.54. The number of carbonyl (C=O) groups is 1. The van der Waals surface area contributed by atoms with Gasteiger partial charge >= 0.3 is 12.1 Å². The summed E-state index contributed by atoms with van der Waals surface area (Å²) in [5.41, 5.74) is 0.0413. The van der Waals surface area contributed by atoms with Crippen LogP contribution in [0.15, 0.2) is 18.2 Å². The van der Waals surface area contributed by atoms with Gasteiger partial charge in [0.25, 0.3) is 0 Å². The Labute approximate surface area is 140 Å². The molecule has 1 N–H and O–H groups in total. The van der Waals surface area contributed by atoms with E-state index in [1.54, 1.807) is 0 Å². The zero-order chi connectivity index (χ0) is 17.5. The molecule has 2 aliphatic rings. The van der Waals surface area contributed by atoms with Crippen LogP contribution in [0.5, 0.6) is 0 Å². The largest absolute Gasteiger partial charge is 0.490 e. The number of carbonyl (C=O) groups excluding carboxylic acids is 1. The van der Waals surface area contributed by atoms with E-state index >= 15 is 0 Å². The van der Waals surface area contributed by atoms with Crippen LogP contribution in [0.25, 0.3) is 0 Å². The van der Waals surface area contributed by atoms with Crippen molar-refractivity contribution >= 4 is 23.3 Å². The van der Waals surface area contributed by atoms with E-state index in [0.717, 1.165) is 0 Å². The summed E-state index contributed by atoms with van der Waals surface area (Å²) in [5.74, 6) is -2.59. The summed E-state index contributed by atoms with van der Waals surface area (Å²) in [5, 5.41) is 3.15. The lowest BCUT2D eigenvalue weighted by Crippen LogP contribution is -2.67. The Bertz CT molecular complexity index is 645. The number of anilines is 1. The summed E-state index contributed by atoms with van der Waals surface area (Å²) in [6.45, 7) is 1.46. The molecule has 1 aromatic carbocycles. The number of nitrogens with zero attached hydrogens (tertiary/aromatic N) is 1. The molecule has 9 heteroatoms. The van der Waals surface area contributed by atoms with Gasteiger partial charge in [-0.3, -0.25) is 5.32 Å². The van der Waals surface area contributed by atoms with E-state index in [9.17, 15) is 22.4 Å². The number of rotatable bonds is 2. The predicted molar refractivity (Wildman–Crippen MR) is 79.2 cm³/mol. The normalized spacial score (nSPS) is 23.0. The van der Waals surface area contributed by atoms with Crippen LogP contribution >= 0.6 is 11.6 Å². The molecule has 2 aliphatic heterocycles. The van der Waals surface area contributed by atoms with Crippen molar-refractivity contribution in [2.24, 2.45) is 5.41 Å². The van der Waals surface area contributed by atoms with Gasteiger partial charge in [0, 0.05) is 25.0 Å². The number of halogens is 5. The van der Waals surface area contributed by atoms with Crippen LogP contribution in [0.2, 0.25) is 5.02 Å². The zero-order valence-electron chi connectivity index (χ0n) is 12.5. The quantitative estimate of drug-likeness (QED) is 0.645. The van der Waals surface area contributed by atoms with Gasteiger partial charge < -0.3 is 9.64 Å². The fourth-order valence-electron chi connectivity index (χ4n) is 3.17. The maximum Gasteiger partial charge on any atom is 0.490 e. The monoisotopic (exact) mass is 366 g/mol. The summed E-state index contributed by atoms with van der Waals surface area (Å²) in [4.78, 5) is 12.9. The van der Waals surface area contributed by atoms with Crippen LogP contribution < -0.4 is 10.2 Å². The molecule has 1 atom stereocenters. The SMILES string of the molecule is O=C(OC1NCC12CCN(c1cc(F)ccc1Cl)CC2)C(F)(F)F. The van der Waals surface area contributed by atoms with Crippen LogP contribution in [0, 0.1) is 11.2 Å². The number of hydrogen-bond donors (Lipinski definition) is 1. The number of esters is 1. The molecular weight excluding hydrogens is 352 g/mol. The molecule has 0 aliphatic carbocycles. The first-order valence-corrected chi connectivity index (χ1v) is 7.80. The van der Waals surface area contributed by atoms with Crippen molar-refractivity contribution in [3.05, 3.63) is 29.0 Å². The highest BCUT2D eigenvalue weighted by Crippen LogP contribution is 2.43. The molecule has 0 bridgehead atoms. The maximum absolute atomic E-state index is 13.4. The van der Waals surface area contributed by atoms with Crippen LogP contribution in [0.3, 0.4) is 0 Å².